The summed E-state index contributed by atoms with van der Waals surface area (Å²) in [5.74, 6) is -3.11. The molecule has 4 aromatic heterocycles. The predicted molar refractivity (Wildman–Crippen MR) is 313 cm³/mol. The number of allylic oxidation sites excluding steroid dienone is 2. The summed E-state index contributed by atoms with van der Waals surface area (Å²) in [5, 5.41) is 54.8. The smallest absolute Gasteiger partial charge is 0.410 e. The number of rotatable bonds is 23. The van der Waals surface area contributed by atoms with E-state index in [0.29, 0.717) is 102 Å². The number of imidazole rings is 2. The number of ether oxygens (including phenoxy) is 5. The predicted octanol–water partition coefficient (Wildman–Crippen LogP) is 1.62. The SMILES string of the molecule is CCn1nc(C)cc1C(=O)Nc1nc2cc(C(N)=O)ccc2n1C/C=C/Cn1c(NC(=O)c2cc(C)nn2CC)nc2cc(C(N)=O)cc(OCCCN3CC4(C3)CN(C(=O)OCc3ccc(O[C@@H]5O[C@H](C(=O)O)[C@@H](O)[C@H](O)[C@H]5O)c(CN)c3)CCO4)c21. The van der Waals surface area contributed by atoms with Gasteiger partial charge in [-0.05, 0) is 94.3 Å². The zero-order valence-electron chi connectivity index (χ0n) is 48.7. The van der Waals surface area contributed by atoms with Crippen molar-refractivity contribution in [1.29, 1.82) is 0 Å². The van der Waals surface area contributed by atoms with Gasteiger partial charge in [0, 0.05) is 75.6 Å². The van der Waals surface area contributed by atoms with Gasteiger partial charge in [-0.25, -0.2) is 19.6 Å². The van der Waals surface area contributed by atoms with Crippen LogP contribution in [0.3, 0.4) is 0 Å². The Morgan fingerprint density at radius 1 is 0.761 bits per heavy atom. The van der Waals surface area contributed by atoms with Crippen LogP contribution in [-0.4, -0.2) is 187 Å². The molecular weight excluding hydrogens is 1150 g/mol. The minimum Gasteiger partial charge on any atom is -0.491 e. The van der Waals surface area contributed by atoms with Gasteiger partial charge in [0.2, 0.25) is 30.0 Å². The molecule has 3 aromatic carbocycles. The molecule has 1 spiro atoms. The average Bonchev–Trinajstić information content (AvgIpc) is 3.18. The van der Waals surface area contributed by atoms with Gasteiger partial charge in [0.25, 0.3) is 11.8 Å². The van der Waals surface area contributed by atoms with E-state index in [9.17, 15) is 49.2 Å². The first-order valence-electron chi connectivity index (χ1n) is 28.5. The number of aryl methyl sites for hydroxylation is 4. The first-order valence-corrected chi connectivity index (χ1v) is 28.5. The summed E-state index contributed by atoms with van der Waals surface area (Å²) in [6.07, 6.45) is -5.37. The molecule has 0 bridgehead atoms. The number of primary amides is 2. The van der Waals surface area contributed by atoms with Crippen molar-refractivity contribution in [2.24, 2.45) is 17.2 Å². The number of hydrogen-bond donors (Lipinski definition) is 9. The molecule has 0 unspecified atom stereocenters. The third-order valence-electron chi connectivity index (χ3n) is 15.4. The van der Waals surface area contributed by atoms with E-state index in [2.05, 4.69) is 30.7 Å². The Morgan fingerprint density at radius 2 is 1.40 bits per heavy atom. The van der Waals surface area contributed by atoms with Crippen molar-refractivity contribution in [3.8, 4) is 11.5 Å². The van der Waals surface area contributed by atoms with Crippen molar-refractivity contribution in [3.05, 3.63) is 118 Å². The summed E-state index contributed by atoms with van der Waals surface area (Å²) in [7, 11) is 0. The van der Waals surface area contributed by atoms with Gasteiger partial charge < -0.3 is 75.3 Å². The molecule has 3 fully saturated rings. The fraction of sp³-hybridized carbons (Fsp3) is 0.414. The number of aromatic nitrogens is 8. The molecule has 30 heteroatoms. The number of carbonyl (C=O) groups is 6. The van der Waals surface area contributed by atoms with E-state index < -0.39 is 72.0 Å². The van der Waals surface area contributed by atoms with Crippen molar-refractivity contribution in [3.63, 3.8) is 0 Å². The lowest BCUT2D eigenvalue weighted by Crippen LogP contribution is -2.70. The summed E-state index contributed by atoms with van der Waals surface area (Å²) in [5.41, 5.74) is 21.9. The maximum Gasteiger partial charge on any atom is 0.410 e. The topological polar surface area (TPSA) is 409 Å². The van der Waals surface area contributed by atoms with E-state index >= 15 is 0 Å². The minimum absolute atomic E-state index is 0.0626. The molecule has 10 rings (SSSR count). The standard InChI is InChI=1S/C58H69N15O15/c1-5-72-40(20-31(3)66-72)51(79)64-55-62-37-23-34(49(60)77)11-12-39(37)70(55)15-7-8-16-71-44-38(63-56(71)65-52(80)41-21-32(4)67-73(41)6-2)24-35(50(61)78)25-43(44)84-18-9-14-68-28-58(29-68)30-69(17-19-86-58)57(83)85-27-33-10-13-42(36(22-33)26-59)87-54-47(76)45(74)46(75)48(88-54)53(81)82/h7-8,10-13,20-25,45-48,54,74-76H,5-6,9,14-19,26-30,59H2,1-4H3,(H2,60,77)(H2,61,78)(H,81,82)(H,62,64,79)(H,63,65,80)/b8-7+/t45-,46-,47+,48-,54+/m0/s1. The monoisotopic (exact) mass is 1220 g/mol. The van der Waals surface area contributed by atoms with Crippen LogP contribution >= 0.6 is 0 Å². The number of carboxylic acids is 1. The molecule has 12 N–H and O–H groups in total. The molecule has 3 aliphatic heterocycles. The summed E-state index contributed by atoms with van der Waals surface area (Å²) < 4.78 is 36.0. The molecule has 7 heterocycles. The van der Waals surface area contributed by atoms with Gasteiger partial charge in [-0.2, -0.15) is 10.2 Å². The number of amides is 5. The molecule has 3 aliphatic rings. The number of nitrogens with zero attached hydrogens (tertiary/aromatic N) is 10. The third-order valence-corrected chi connectivity index (χ3v) is 15.4. The molecular formula is C58H69N15O15. The first kappa shape index (κ1) is 61.8. The number of aliphatic hydroxyl groups is 3. The Hall–Kier alpha value is -9.30. The van der Waals surface area contributed by atoms with Crippen molar-refractivity contribution in [2.75, 3.05) is 56.6 Å². The van der Waals surface area contributed by atoms with Gasteiger partial charge in [-0.3, -0.25) is 44.1 Å². The number of anilines is 2. The number of carboxylic acid groups (broad SMARTS) is 1. The maximum atomic E-state index is 14.0. The largest absolute Gasteiger partial charge is 0.491 e. The Morgan fingerprint density at radius 3 is 2.03 bits per heavy atom. The normalized spacial score (nSPS) is 19.3. The van der Waals surface area contributed by atoms with Crippen LogP contribution < -0.4 is 37.3 Å². The molecule has 30 nitrogen and oxygen atoms in total. The van der Waals surface area contributed by atoms with Crippen molar-refractivity contribution < 1.29 is 72.9 Å². The van der Waals surface area contributed by atoms with E-state index in [-0.39, 0.29) is 80.5 Å². The lowest BCUT2D eigenvalue weighted by atomic mass is 9.91. The van der Waals surface area contributed by atoms with Crippen LogP contribution in [0.2, 0.25) is 0 Å². The van der Waals surface area contributed by atoms with Crippen LogP contribution in [0.25, 0.3) is 22.1 Å². The number of aliphatic hydroxyl groups excluding tert-OH is 3. The molecule has 0 aliphatic carbocycles. The summed E-state index contributed by atoms with van der Waals surface area (Å²) in [6.45, 7) is 10.9. The van der Waals surface area contributed by atoms with E-state index in [0.717, 1.165) is 0 Å². The molecule has 7 aromatic rings. The maximum absolute atomic E-state index is 14.0. The fourth-order valence-electron chi connectivity index (χ4n) is 11.0. The number of nitrogens with two attached hydrogens (primary N) is 3. The average molecular weight is 1220 g/mol. The van der Waals surface area contributed by atoms with Crippen LogP contribution in [0.1, 0.15) is 84.5 Å². The third kappa shape index (κ3) is 13.0. The van der Waals surface area contributed by atoms with Crippen molar-refractivity contribution in [1.82, 2.24) is 48.5 Å². The lowest BCUT2D eigenvalue weighted by molar-refractivity contribution is -0.271. The van der Waals surface area contributed by atoms with E-state index in [1.54, 1.807) is 79.7 Å². The number of morpholine rings is 1. The second-order valence-corrected chi connectivity index (χ2v) is 21.6. The van der Waals surface area contributed by atoms with Gasteiger partial charge in [-0.15, -0.1) is 0 Å². The Labute approximate surface area is 502 Å². The second-order valence-electron chi connectivity index (χ2n) is 21.6. The zero-order valence-corrected chi connectivity index (χ0v) is 48.7. The molecule has 3 saturated heterocycles. The minimum atomic E-state index is -1.89. The molecule has 88 heavy (non-hydrogen) atoms. The number of hydrogen-bond acceptors (Lipinski definition) is 20. The number of fused-ring (bicyclic) bond motifs is 2. The lowest BCUT2D eigenvalue weighted by Gasteiger charge is -2.53. The highest BCUT2D eigenvalue weighted by Crippen LogP contribution is 2.34. The summed E-state index contributed by atoms with van der Waals surface area (Å²) >= 11 is 0. The molecule has 466 valence electrons. The Kier molecular flexibility index (Phi) is 18.2. The fourth-order valence-corrected chi connectivity index (χ4v) is 11.0. The molecule has 0 radical (unpaired) electrons. The van der Waals surface area contributed by atoms with Gasteiger partial charge in [-0.1, -0.05) is 18.2 Å². The molecule has 5 amide bonds. The highest BCUT2D eigenvalue weighted by atomic mass is 16.7. The number of aliphatic carboxylic acids is 1. The highest BCUT2D eigenvalue weighted by Gasteiger charge is 2.49. The number of likely N-dealkylation sites (tertiary alicyclic amines) is 1. The number of nitrogens with one attached hydrogen (secondary N) is 2. The van der Waals surface area contributed by atoms with Crippen LogP contribution in [0.15, 0.2) is 72.8 Å². The van der Waals surface area contributed by atoms with Crippen molar-refractivity contribution in [2.45, 2.75) is 110 Å². The molecule has 5 atom stereocenters. The second kappa shape index (κ2) is 26.0. The zero-order chi connectivity index (χ0) is 62.7. The quantitative estimate of drug-likeness (QED) is 0.0324. The van der Waals surface area contributed by atoms with E-state index in [4.69, 9.17) is 45.9 Å². The van der Waals surface area contributed by atoms with Gasteiger partial charge in [0.15, 0.2) is 6.10 Å². The van der Waals surface area contributed by atoms with Gasteiger partial charge >= 0.3 is 12.1 Å². The number of carbonyl (C=O) groups excluding carboxylic acids is 5. The van der Waals surface area contributed by atoms with Crippen LogP contribution in [0, 0.1) is 13.8 Å². The summed E-state index contributed by atoms with van der Waals surface area (Å²) in [4.78, 5) is 91.0. The Bertz CT molecular complexity index is 3840. The van der Waals surface area contributed by atoms with E-state index in [1.807, 2.05) is 26.0 Å². The number of benzene rings is 3. The Balaban J connectivity index is 0.804. The first-order chi connectivity index (χ1) is 42.2. The molecule has 0 saturated carbocycles. The van der Waals surface area contributed by atoms with Crippen LogP contribution in [-0.2, 0) is 58.3 Å². The van der Waals surface area contributed by atoms with Crippen molar-refractivity contribution >= 4 is 69.7 Å². The van der Waals surface area contributed by atoms with Crippen LogP contribution in [0.4, 0.5) is 16.7 Å². The van der Waals surface area contributed by atoms with E-state index in [1.165, 1.54) is 18.2 Å². The van der Waals surface area contributed by atoms with Gasteiger partial charge in [0.1, 0.15) is 58.9 Å². The van der Waals surface area contributed by atoms with Crippen LogP contribution in [0.5, 0.6) is 11.5 Å². The van der Waals surface area contributed by atoms with Gasteiger partial charge in [0.05, 0.1) is 47.7 Å². The highest BCUT2D eigenvalue weighted by molar-refractivity contribution is 6.05. The summed E-state index contributed by atoms with van der Waals surface area (Å²) in [6, 6.07) is 15.9.